The van der Waals surface area contributed by atoms with Crippen LogP contribution in [-0.2, 0) is 16.1 Å². The summed E-state index contributed by atoms with van der Waals surface area (Å²) in [6.07, 6.45) is 2.39. The van der Waals surface area contributed by atoms with Crippen LogP contribution in [0.25, 0.3) is 0 Å². The molecule has 2 aliphatic rings. The maximum absolute atomic E-state index is 12.9. The van der Waals surface area contributed by atoms with E-state index < -0.39 is 11.9 Å². The highest BCUT2D eigenvalue weighted by molar-refractivity contribution is 6.44. The fourth-order valence-corrected chi connectivity index (χ4v) is 3.13. The summed E-state index contributed by atoms with van der Waals surface area (Å²) in [5.41, 5.74) is 6.53. The number of hydrogen-bond acceptors (Lipinski definition) is 6. The number of primary amides is 1. The van der Waals surface area contributed by atoms with Crippen molar-refractivity contribution >= 4 is 29.2 Å². The number of aryl methyl sites for hydroxylation is 1. The van der Waals surface area contributed by atoms with Crippen LogP contribution in [0.4, 0.5) is 11.6 Å². The Hall–Kier alpha value is -3.23. The Bertz CT molecular complexity index is 845. The second-order valence-electron chi connectivity index (χ2n) is 5.94. The third-order valence-corrected chi connectivity index (χ3v) is 4.34. The number of benzene rings is 1. The summed E-state index contributed by atoms with van der Waals surface area (Å²) in [5, 5.41) is 10.0. The lowest BCUT2D eigenvalue weighted by Crippen LogP contribution is -2.43. The first-order valence-corrected chi connectivity index (χ1v) is 8.06. The van der Waals surface area contributed by atoms with Crippen LogP contribution in [0.15, 0.2) is 41.8 Å². The zero-order valence-corrected chi connectivity index (χ0v) is 13.4. The molecule has 1 aromatic heterocycles. The summed E-state index contributed by atoms with van der Waals surface area (Å²) in [6, 6.07) is 8.53. The average molecular weight is 339 g/mol. The van der Waals surface area contributed by atoms with Crippen molar-refractivity contribution in [3.63, 3.8) is 0 Å². The van der Waals surface area contributed by atoms with E-state index >= 15 is 0 Å². The summed E-state index contributed by atoms with van der Waals surface area (Å²) in [6.45, 7) is 1.27. The summed E-state index contributed by atoms with van der Waals surface area (Å²) in [5.74, 6) is -0.274. The smallest absolute Gasteiger partial charge is 0.276 e. The molecule has 0 unspecified atom stereocenters. The SMILES string of the molecule is NC(=O)[C@@H]1CC(C(=O)N2CCCn3ncnc32)=NN1c1ccccc1. The van der Waals surface area contributed by atoms with Crippen molar-refractivity contribution < 1.29 is 9.59 Å². The summed E-state index contributed by atoms with van der Waals surface area (Å²) >= 11 is 0. The van der Waals surface area contributed by atoms with Crippen molar-refractivity contribution in [3.05, 3.63) is 36.7 Å². The minimum atomic E-state index is -0.677. The van der Waals surface area contributed by atoms with Gasteiger partial charge in [-0.25, -0.2) is 4.68 Å². The highest BCUT2D eigenvalue weighted by atomic mass is 16.2. The molecule has 1 atom stereocenters. The van der Waals surface area contributed by atoms with Gasteiger partial charge in [-0.2, -0.15) is 15.2 Å². The normalized spacial score (nSPS) is 19.5. The molecule has 25 heavy (non-hydrogen) atoms. The van der Waals surface area contributed by atoms with Crippen molar-refractivity contribution in [2.24, 2.45) is 10.8 Å². The second-order valence-corrected chi connectivity index (χ2v) is 5.94. The molecule has 0 fully saturated rings. The zero-order valence-electron chi connectivity index (χ0n) is 13.4. The highest BCUT2D eigenvalue weighted by Gasteiger charge is 2.38. The van der Waals surface area contributed by atoms with Crippen LogP contribution < -0.4 is 15.6 Å². The predicted octanol–water partition coefficient (Wildman–Crippen LogP) is 0.135. The van der Waals surface area contributed by atoms with E-state index in [9.17, 15) is 9.59 Å². The summed E-state index contributed by atoms with van der Waals surface area (Å²) in [4.78, 5) is 30.5. The van der Waals surface area contributed by atoms with Crippen LogP contribution in [0.2, 0.25) is 0 Å². The number of amides is 2. The van der Waals surface area contributed by atoms with Crippen LogP contribution in [0, 0.1) is 0 Å². The van der Waals surface area contributed by atoms with Gasteiger partial charge in [-0.05, 0) is 18.6 Å². The van der Waals surface area contributed by atoms with Crippen LogP contribution in [-0.4, -0.2) is 44.9 Å². The van der Waals surface area contributed by atoms with Gasteiger partial charge in [0.25, 0.3) is 5.91 Å². The van der Waals surface area contributed by atoms with Gasteiger partial charge in [-0.1, -0.05) is 18.2 Å². The Morgan fingerprint density at radius 2 is 1.96 bits per heavy atom. The molecule has 2 aromatic rings. The molecule has 9 nitrogen and oxygen atoms in total. The van der Waals surface area contributed by atoms with Gasteiger partial charge >= 0.3 is 0 Å². The number of nitrogens with two attached hydrogens (primary N) is 1. The number of hydrazone groups is 1. The van der Waals surface area contributed by atoms with Gasteiger partial charge in [-0.3, -0.25) is 19.5 Å². The molecule has 9 heteroatoms. The standard InChI is InChI=1S/C16H17N7O2/c17-14(24)13-9-12(20-23(13)11-5-2-1-3-6-11)15(25)21-7-4-8-22-16(21)18-10-19-22/h1-3,5-6,10,13H,4,7-9H2,(H2,17,24)/t13-/m0/s1. The molecule has 0 saturated heterocycles. The number of nitrogens with zero attached hydrogens (tertiary/aromatic N) is 6. The molecule has 0 spiro atoms. The quantitative estimate of drug-likeness (QED) is 0.855. The number of para-hydroxylation sites is 1. The van der Waals surface area contributed by atoms with E-state index in [-0.39, 0.29) is 12.3 Å². The highest BCUT2D eigenvalue weighted by Crippen LogP contribution is 2.26. The van der Waals surface area contributed by atoms with Gasteiger partial charge in [-0.15, -0.1) is 0 Å². The molecular formula is C16H17N7O2. The second kappa shape index (κ2) is 6.00. The molecule has 0 bridgehead atoms. The van der Waals surface area contributed by atoms with Crippen molar-refractivity contribution in [1.82, 2.24) is 14.8 Å². The molecule has 0 saturated carbocycles. The number of rotatable bonds is 3. The Morgan fingerprint density at radius 1 is 1.16 bits per heavy atom. The van der Waals surface area contributed by atoms with Gasteiger partial charge < -0.3 is 5.73 Å². The zero-order chi connectivity index (χ0) is 17.4. The van der Waals surface area contributed by atoms with Crippen LogP contribution in [0.3, 0.4) is 0 Å². The van der Waals surface area contributed by atoms with Crippen LogP contribution in [0.5, 0.6) is 0 Å². The molecule has 2 amide bonds. The van der Waals surface area contributed by atoms with E-state index in [4.69, 9.17) is 5.73 Å². The number of carbonyl (C=O) groups excluding carboxylic acids is 2. The number of aromatic nitrogens is 3. The first-order chi connectivity index (χ1) is 12.1. The van der Waals surface area contributed by atoms with Crippen LogP contribution >= 0.6 is 0 Å². The average Bonchev–Trinajstić information content (AvgIpc) is 3.28. The first kappa shape index (κ1) is 15.3. The minimum absolute atomic E-state index is 0.174. The molecule has 2 N–H and O–H groups in total. The van der Waals surface area contributed by atoms with Crippen molar-refractivity contribution in [3.8, 4) is 0 Å². The van der Waals surface area contributed by atoms with E-state index in [1.54, 1.807) is 9.58 Å². The molecule has 4 rings (SSSR count). The third kappa shape index (κ3) is 2.63. The van der Waals surface area contributed by atoms with Crippen molar-refractivity contribution in [2.45, 2.75) is 25.4 Å². The molecule has 128 valence electrons. The van der Waals surface area contributed by atoms with Crippen molar-refractivity contribution in [1.29, 1.82) is 0 Å². The van der Waals surface area contributed by atoms with Gasteiger partial charge in [0.15, 0.2) is 0 Å². The molecule has 2 aliphatic heterocycles. The maximum atomic E-state index is 12.9. The topological polar surface area (TPSA) is 110 Å². The Labute approximate surface area is 143 Å². The van der Waals surface area contributed by atoms with Gasteiger partial charge in [0.1, 0.15) is 18.1 Å². The predicted molar refractivity (Wildman–Crippen MR) is 90.9 cm³/mol. The monoisotopic (exact) mass is 339 g/mol. The first-order valence-electron chi connectivity index (χ1n) is 8.06. The number of anilines is 2. The fraction of sp³-hybridized carbons (Fsp3) is 0.312. The maximum Gasteiger partial charge on any atom is 0.276 e. The van der Waals surface area contributed by atoms with Gasteiger partial charge in [0.2, 0.25) is 11.9 Å². The molecule has 0 radical (unpaired) electrons. The van der Waals surface area contributed by atoms with E-state index in [0.717, 1.165) is 18.7 Å². The lowest BCUT2D eigenvalue weighted by atomic mass is 10.1. The van der Waals surface area contributed by atoms with Crippen molar-refractivity contribution in [2.75, 3.05) is 16.5 Å². The largest absolute Gasteiger partial charge is 0.368 e. The summed E-state index contributed by atoms with van der Waals surface area (Å²) < 4.78 is 1.69. The Kier molecular flexibility index (Phi) is 3.68. The molecule has 1 aromatic carbocycles. The summed E-state index contributed by atoms with van der Waals surface area (Å²) in [7, 11) is 0. The minimum Gasteiger partial charge on any atom is -0.368 e. The van der Waals surface area contributed by atoms with Gasteiger partial charge in [0.05, 0.1) is 5.69 Å². The fourth-order valence-electron chi connectivity index (χ4n) is 3.13. The number of hydrogen-bond donors (Lipinski definition) is 1. The third-order valence-electron chi connectivity index (χ3n) is 4.34. The molecule has 3 heterocycles. The number of fused-ring (bicyclic) bond motifs is 1. The lowest BCUT2D eigenvalue weighted by molar-refractivity contribution is -0.119. The van der Waals surface area contributed by atoms with E-state index in [2.05, 4.69) is 15.2 Å². The molecule has 0 aliphatic carbocycles. The molecular weight excluding hydrogens is 322 g/mol. The lowest BCUT2D eigenvalue weighted by Gasteiger charge is -2.25. The van der Waals surface area contributed by atoms with E-state index in [1.165, 1.54) is 11.3 Å². The van der Waals surface area contributed by atoms with E-state index in [0.29, 0.717) is 18.2 Å². The van der Waals surface area contributed by atoms with Crippen LogP contribution in [0.1, 0.15) is 12.8 Å². The Balaban J connectivity index is 1.65. The van der Waals surface area contributed by atoms with Gasteiger partial charge in [0, 0.05) is 19.5 Å². The number of carbonyl (C=O) groups is 2. The Morgan fingerprint density at radius 3 is 2.72 bits per heavy atom. The van der Waals surface area contributed by atoms with E-state index in [1.807, 2.05) is 30.3 Å².